The van der Waals surface area contributed by atoms with Gasteiger partial charge in [-0.1, -0.05) is 15.9 Å². The van der Waals surface area contributed by atoms with Gasteiger partial charge in [0.25, 0.3) is 0 Å². The smallest absolute Gasteiger partial charge is 0.138 e. The molecule has 0 aliphatic heterocycles. The molecule has 1 aromatic heterocycles. The third-order valence-electron chi connectivity index (χ3n) is 3.97. The standard InChI is InChI=1S/C19H23BrN2O2/c1-3-22-10-8-15(9-12-23-2)18(22)5-4-11-24-19-13-17(20)7-6-16(19)14-21/h6-8,10,13H,3-5,9,11-12H2,1-2H3. The van der Waals surface area contributed by atoms with Crippen LogP contribution in [0.3, 0.4) is 0 Å². The number of ether oxygens (including phenoxy) is 2. The summed E-state index contributed by atoms with van der Waals surface area (Å²) in [5.41, 5.74) is 3.27. The lowest BCUT2D eigenvalue weighted by molar-refractivity contribution is 0.202. The minimum atomic E-state index is 0.566. The van der Waals surface area contributed by atoms with E-state index in [4.69, 9.17) is 14.7 Å². The van der Waals surface area contributed by atoms with Gasteiger partial charge in [-0.05, 0) is 56.0 Å². The Morgan fingerprint density at radius 1 is 1.21 bits per heavy atom. The lowest BCUT2D eigenvalue weighted by atomic mass is 10.1. The van der Waals surface area contributed by atoms with Gasteiger partial charge in [-0.2, -0.15) is 5.26 Å². The Labute approximate surface area is 152 Å². The van der Waals surface area contributed by atoms with Crippen LogP contribution in [0.25, 0.3) is 0 Å². The molecular weight excluding hydrogens is 368 g/mol. The Balaban J connectivity index is 1.94. The van der Waals surface area contributed by atoms with Crippen LogP contribution in [0.1, 0.15) is 30.2 Å². The predicted molar refractivity (Wildman–Crippen MR) is 98.4 cm³/mol. The zero-order valence-electron chi connectivity index (χ0n) is 14.2. The highest BCUT2D eigenvalue weighted by Crippen LogP contribution is 2.23. The van der Waals surface area contributed by atoms with Crippen LogP contribution < -0.4 is 4.74 Å². The third-order valence-corrected chi connectivity index (χ3v) is 4.46. The van der Waals surface area contributed by atoms with Crippen molar-refractivity contribution in [2.45, 2.75) is 32.7 Å². The highest BCUT2D eigenvalue weighted by Gasteiger charge is 2.09. The van der Waals surface area contributed by atoms with Crippen molar-refractivity contribution < 1.29 is 9.47 Å². The molecule has 0 unspecified atom stereocenters. The van der Waals surface area contributed by atoms with E-state index >= 15 is 0 Å². The van der Waals surface area contributed by atoms with E-state index in [1.54, 1.807) is 13.2 Å². The monoisotopic (exact) mass is 390 g/mol. The number of nitrogens with zero attached hydrogens (tertiary/aromatic N) is 2. The molecule has 0 aliphatic rings. The third kappa shape index (κ3) is 4.86. The maximum absolute atomic E-state index is 9.14. The van der Waals surface area contributed by atoms with Gasteiger partial charge in [0.2, 0.25) is 0 Å². The normalized spacial score (nSPS) is 10.6. The number of hydrogen-bond acceptors (Lipinski definition) is 3. The van der Waals surface area contributed by atoms with Crippen molar-refractivity contribution in [3.8, 4) is 11.8 Å². The van der Waals surface area contributed by atoms with Gasteiger partial charge in [-0.25, -0.2) is 0 Å². The lowest BCUT2D eigenvalue weighted by Gasteiger charge is -2.11. The molecule has 0 atom stereocenters. The van der Waals surface area contributed by atoms with Crippen molar-refractivity contribution in [1.29, 1.82) is 5.26 Å². The van der Waals surface area contributed by atoms with Crippen LogP contribution in [0.4, 0.5) is 0 Å². The number of aromatic nitrogens is 1. The second-order valence-corrected chi connectivity index (χ2v) is 6.44. The summed E-state index contributed by atoms with van der Waals surface area (Å²) in [5.74, 6) is 0.636. The molecule has 0 spiro atoms. The van der Waals surface area contributed by atoms with Gasteiger partial charge in [0, 0.05) is 30.0 Å². The van der Waals surface area contributed by atoms with Crippen molar-refractivity contribution in [2.75, 3.05) is 20.3 Å². The van der Waals surface area contributed by atoms with Gasteiger partial charge < -0.3 is 14.0 Å². The summed E-state index contributed by atoms with van der Waals surface area (Å²) in [6.07, 6.45) is 4.93. The molecule has 0 amide bonds. The summed E-state index contributed by atoms with van der Waals surface area (Å²) >= 11 is 3.41. The second-order valence-electron chi connectivity index (χ2n) is 5.52. The number of hydrogen-bond donors (Lipinski definition) is 0. The molecule has 0 radical (unpaired) electrons. The van der Waals surface area contributed by atoms with Crippen LogP contribution in [0.5, 0.6) is 5.75 Å². The molecule has 0 aliphatic carbocycles. The fraction of sp³-hybridized carbons (Fsp3) is 0.421. The van der Waals surface area contributed by atoms with Crippen LogP contribution in [-0.2, 0) is 24.1 Å². The number of rotatable bonds is 9. The van der Waals surface area contributed by atoms with Gasteiger partial charge in [-0.15, -0.1) is 0 Å². The number of halogens is 1. The molecule has 4 nitrogen and oxygen atoms in total. The average molecular weight is 391 g/mol. The Bertz CT molecular complexity index is 704. The number of benzene rings is 1. The van der Waals surface area contributed by atoms with Crippen molar-refractivity contribution in [2.24, 2.45) is 0 Å². The summed E-state index contributed by atoms with van der Waals surface area (Å²) in [4.78, 5) is 0. The highest BCUT2D eigenvalue weighted by molar-refractivity contribution is 9.10. The zero-order chi connectivity index (χ0) is 17.4. The highest BCUT2D eigenvalue weighted by atomic mass is 79.9. The average Bonchev–Trinajstić information content (AvgIpc) is 2.99. The van der Waals surface area contributed by atoms with Crippen LogP contribution in [0, 0.1) is 11.3 Å². The van der Waals surface area contributed by atoms with E-state index in [9.17, 15) is 0 Å². The molecule has 1 heterocycles. The van der Waals surface area contributed by atoms with Gasteiger partial charge in [0.1, 0.15) is 11.8 Å². The van der Waals surface area contributed by atoms with E-state index in [1.807, 2.05) is 12.1 Å². The SMILES string of the molecule is CCn1ccc(CCOC)c1CCCOc1cc(Br)ccc1C#N. The number of methoxy groups -OCH3 is 1. The molecule has 128 valence electrons. The first-order chi connectivity index (χ1) is 11.7. The quantitative estimate of drug-likeness (QED) is 0.598. The molecule has 24 heavy (non-hydrogen) atoms. The second kappa shape index (κ2) is 9.51. The Kier molecular flexibility index (Phi) is 7.36. The van der Waals surface area contributed by atoms with Gasteiger partial charge in [-0.3, -0.25) is 0 Å². The fourth-order valence-corrected chi connectivity index (χ4v) is 3.06. The summed E-state index contributed by atoms with van der Waals surface area (Å²) in [6, 6.07) is 9.81. The van der Waals surface area contributed by atoms with Crippen LogP contribution in [0.2, 0.25) is 0 Å². The molecule has 5 heteroatoms. The van der Waals surface area contributed by atoms with E-state index in [0.29, 0.717) is 17.9 Å². The summed E-state index contributed by atoms with van der Waals surface area (Å²) in [6.45, 7) is 4.44. The van der Waals surface area contributed by atoms with Crippen molar-refractivity contribution in [3.05, 3.63) is 51.8 Å². The topological polar surface area (TPSA) is 47.2 Å². The molecule has 0 bridgehead atoms. The maximum atomic E-state index is 9.14. The van der Waals surface area contributed by atoms with E-state index in [2.05, 4.69) is 45.8 Å². The first kappa shape index (κ1) is 18.6. The Morgan fingerprint density at radius 3 is 2.75 bits per heavy atom. The molecule has 0 saturated carbocycles. The first-order valence-corrected chi connectivity index (χ1v) is 8.97. The summed E-state index contributed by atoms with van der Waals surface area (Å²) < 4.78 is 14.2. The minimum absolute atomic E-state index is 0.566. The molecule has 0 fully saturated rings. The molecule has 1 aromatic carbocycles. The van der Waals surface area contributed by atoms with E-state index in [-0.39, 0.29) is 0 Å². The predicted octanol–water partition coefficient (Wildman–Crippen LogP) is 4.34. The fourth-order valence-electron chi connectivity index (χ4n) is 2.72. The van der Waals surface area contributed by atoms with Crippen molar-refractivity contribution >= 4 is 15.9 Å². The Hall–Kier alpha value is -1.77. The van der Waals surface area contributed by atoms with E-state index < -0.39 is 0 Å². The Morgan fingerprint density at radius 2 is 2.04 bits per heavy atom. The van der Waals surface area contributed by atoms with Crippen molar-refractivity contribution in [3.63, 3.8) is 0 Å². The van der Waals surface area contributed by atoms with Crippen LogP contribution in [0.15, 0.2) is 34.9 Å². The minimum Gasteiger partial charge on any atom is -0.492 e. The maximum Gasteiger partial charge on any atom is 0.138 e. The zero-order valence-corrected chi connectivity index (χ0v) is 15.8. The summed E-state index contributed by atoms with van der Waals surface area (Å²) in [7, 11) is 1.73. The number of aryl methyl sites for hydroxylation is 1. The molecule has 0 saturated heterocycles. The van der Waals surface area contributed by atoms with Crippen LogP contribution >= 0.6 is 15.9 Å². The number of nitriles is 1. The largest absolute Gasteiger partial charge is 0.492 e. The van der Waals surface area contributed by atoms with Crippen LogP contribution in [-0.4, -0.2) is 24.9 Å². The van der Waals surface area contributed by atoms with E-state index in [0.717, 1.165) is 36.9 Å². The van der Waals surface area contributed by atoms with Gasteiger partial charge >= 0.3 is 0 Å². The van der Waals surface area contributed by atoms with Gasteiger partial charge in [0.15, 0.2) is 0 Å². The van der Waals surface area contributed by atoms with E-state index in [1.165, 1.54) is 11.3 Å². The molecule has 2 aromatic rings. The van der Waals surface area contributed by atoms with Crippen molar-refractivity contribution in [1.82, 2.24) is 4.57 Å². The first-order valence-electron chi connectivity index (χ1n) is 8.17. The molecule has 0 N–H and O–H groups in total. The molecular formula is C19H23BrN2O2. The lowest BCUT2D eigenvalue weighted by Crippen LogP contribution is -2.07. The summed E-state index contributed by atoms with van der Waals surface area (Å²) in [5, 5.41) is 9.14. The molecule has 2 rings (SSSR count). The van der Waals surface area contributed by atoms with Gasteiger partial charge in [0.05, 0.1) is 18.8 Å².